The maximum Gasteiger partial charge on any atom is 0.249 e. The average Bonchev–Trinajstić information content (AvgIpc) is 3.41. The molecule has 4 rings (SSSR count). The number of halogens is 1. The number of nitrogens with two attached hydrogens (primary N) is 1. The molecule has 2 heterocycles. The lowest BCUT2D eigenvalue weighted by atomic mass is 10.2. The van der Waals surface area contributed by atoms with Crippen LogP contribution in [0, 0.1) is 0 Å². The van der Waals surface area contributed by atoms with E-state index in [4.69, 9.17) is 17.3 Å². The number of anilines is 2. The Labute approximate surface area is 199 Å². The van der Waals surface area contributed by atoms with Crippen molar-refractivity contribution >= 4 is 51.7 Å². The van der Waals surface area contributed by atoms with Gasteiger partial charge in [-0.05, 0) is 31.0 Å². The predicted octanol–water partition coefficient (Wildman–Crippen LogP) is 5.17. The first kappa shape index (κ1) is 22.3. The molecular weight excluding hydrogens is 464 g/mol. The van der Waals surface area contributed by atoms with Crippen LogP contribution in [0.2, 0.25) is 5.02 Å². The van der Waals surface area contributed by atoms with Gasteiger partial charge in [0, 0.05) is 21.7 Å². The van der Waals surface area contributed by atoms with Crippen LogP contribution in [-0.2, 0) is 11.2 Å². The normalized spacial score (nSPS) is 11.9. The number of thiazole rings is 1. The number of hydrogen-bond donors (Lipinski definition) is 2. The third kappa shape index (κ3) is 5.29. The van der Waals surface area contributed by atoms with Gasteiger partial charge in [-0.25, -0.2) is 4.98 Å². The molecular formula is C22H21ClN6OS2. The summed E-state index contributed by atoms with van der Waals surface area (Å²) < 4.78 is 1.65. The fraction of sp³-hybridized carbons (Fsp3) is 0.182. The number of nitrogen functional groups attached to an aromatic ring is 1. The lowest BCUT2D eigenvalue weighted by Gasteiger charge is -2.15. The summed E-state index contributed by atoms with van der Waals surface area (Å²) in [5, 5.41) is 14.7. The lowest BCUT2D eigenvalue weighted by molar-refractivity contribution is -0.118. The number of rotatable bonds is 8. The molecule has 0 fully saturated rings. The van der Waals surface area contributed by atoms with E-state index in [9.17, 15) is 4.79 Å². The van der Waals surface area contributed by atoms with E-state index in [2.05, 4.69) is 32.6 Å². The number of carbonyl (C=O) groups excluding carboxylic acids is 1. The molecule has 1 atom stereocenters. The second kappa shape index (κ2) is 10.2. The second-order valence-electron chi connectivity index (χ2n) is 7.00. The van der Waals surface area contributed by atoms with Gasteiger partial charge in [-0.1, -0.05) is 65.8 Å². The lowest BCUT2D eigenvalue weighted by Crippen LogP contribution is -2.25. The van der Waals surface area contributed by atoms with Gasteiger partial charge in [-0.15, -0.1) is 21.5 Å². The SMILES string of the molecule is CC(C(=O)Nc1nc(-c2ccc(Cl)cc2)cs1)n1c(N)nnc1SCCc1ccccc1. The van der Waals surface area contributed by atoms with Crippen molar-refractivity contribution in [2.45, 2.75) is 24.5 Å². The molecule has 2 aromatic carbocycles. The Hall–Kier alpha value is -2.88. The highest BCUT2D eigenvalue weighted by molar-refractivity contribution is 7.99. The minimum absolute atomic E-state index is 0.204. The van der Waals surface area contributed by atoms with Gasteiger partial charge in [0.1, 0.15) is 6.04 Å². The molecule has 1 unspecified atom stereocenters. The van der Waals surface area contributed by atoms with Gasteiger partial charge in [0.05, 0.1) is 5.69 Å². The summed E-state index contributed by atoms with van der Waals surface area (Å²) in [4.78, 5) is 17.4. The largest absolute Gasteiger partial charge is 0.368 e. The zero-order valence-corrected chi connectivity index (χ0v) is 19.6. The summed E-state index contributed by atoms with van der Waals surface area (Å²) in [7, 11) is 0. The molecule has 0 saturated heterocycles. The van der Waals surface area contributed by atoms with Crippen LogP contribution >= 0.6 is 34.7 Å². The van der Waals surface area contributed by atoms with E-state index in [0.29, 0.717) is 15.3 Å². The van der Waals surface area contributed by atoms with Crippen molar-refractivity contribution in [1.82, 2.24) is 19.7 Å². The molecule has 3 N–H and O–H groups in total. The van der Waals surface area contributed by atoms with Gasteiger partial charge in [0.2, 0.25) is 11.9 Å². The summed E-state index contributed by atoms with van der Waals surface area (Å²) in [6, 6.07) is 17.0. The molecule has 10 heteroatoms. The number of carbonyl (C=O) groups is 1. The molecule has 7 nitrogen and oxygen atoms in total. The predicted molar refractivity (Wildman–Crippen MR) is 131 cm³/mol. The average molecular weight is 485 g/mol. The zero-order valence-electron chi connectivity index (χ0n) is 17.2. The summed E-state index contributed by atoms with van der Waals surface area (Å²) in [5.41, 5.74) is 8.97. The number of nitrogens with one attached hydrogen (secondary N) is 1. The van der Waals surface area contributed by atoms with E-state index < -0.39 is 6.04 Å². The first-order valence-corrected chi connectivity index (χ1v) is 12.1. The molecule has 2 aromatic heterocycles. The Morgan fingerprint density at radius 3 is 2.69 bits per heavy atom. The number of aryl methyl sites for hydroxylation is 1. The zero-order chi connectivity index (χ0) is 22.5. The molecule has 0 spiro atoms. The molecule has 0 radical (unpaired) electrons. The van der Waals surface area contributed by atoms with E-state index in [1.54, 1.807) is 11.5 Å². The molecule has 1 amide bonds. The molecule has 4 aromatic rings. The summed E-state index contributed by atoms with van der Waals surface area (Å²) in [6.45, 7) is 1.77. The molecule has 164 valence electrons. The minimum atomic E-state index is -0.591. The Balaban J connectivity index is 1.40. The van der Waals surface area contributed by atoms with Crippen molar-refractivity contribution in [2.24, 2.45) is 0 Å². The molecule has 0 saturated carbocycles. The number of benzene rings is 2. The Morgan fingerprint density at radius 2 is 1.94 bits per heavy atom. The number of thioether (sulfide) groups is 1. The third-order valence-corrected chi connectivity index (χ3v) is 6.75. The second-order valence-corrected chi connectivity index (χ2v) is 9.36. The summed E-state index contributed by atoms with van der Waals surface area (Å²) in [6.07, 6.45) is 0.880. The molecule has 0 aliphatic carbocycles. The van der Waals surface area contributed by atoms with Crippen LogP contribution in [0.1, 0.15) is 18.5 Å². The number of nitrogens with zero attached hydrogens (tertiary/aromatic N) is 4. The van der Waals surface area contributed by atoms with Crippen LogP contribution in [0.5, 0.6) is 0 Å². The monoisotopic (exact) mass is 484 g/mol. The number of amides is 1. The highest BCUT2D eigenvalue weighted by Crippen LogP contribution is 2.28. The van der Waals surface area contributed by atoms with Crippen molar-refractivity contribution in [3.05, 3.63) is 70.6 Å². The van der Waals surface area contributed by atoms with Gasteiger partial charge in [0.25, 0.3) is 0 Å². The Kier molecular flexibility index (Phi) is 7.09. The molecule has 0 aliphatic rings. The Bertz CT molecular complexity index is 1190. The molecule has 0 bridgehead atoms. The fourth-order valence-electron chi connectivity index (χ4n) is 3.07. The summed E-state index contributed by atoms with van der Waals surface area (Å²) >= 11 is 8.83. The van der Waals surface area contributed by atoms with Gasteiger partial charge in [0.15, 0.2) is 10.3 Å². The van der Waals surface area contributed by atoms with Crippen molar-refractivity contribution < 1.29 is 4.79 Å². The molecule has 0 aliphatic heterocycles. The van der Waals surface area contributed by atoms with E-state index >= 15 is 0 Å². The van der Waals surface area contributed by atoms with Gasteiger partial charge in [-0.2, -0.15) is 0 Å². The topological polar surface area (TPSA) is 98.7 Å². The minimum Gasteiger partial charge on any atom is -0.368 e. The van der Waals surface area contributed by atoms with Crippen molar-refractivity contribution in [2.75, 3.05) is 16.8 Å². The Morgan fingerprint density at radius 1 is 1.19 bits per heavy atom. The van der Waals surface area contributed by atoms with Crippen molar-refractivity contribution in [3.8, 4) is 11.3 Å². The van der Waals surface area contributed by atoms with Crippen molar-refractivity contribution in [3.63, 3.8) is 0 Å². The standard InChI is InChI=1S/C22H21ClN6OS2/c1-14(19(30)26-21-25-18(13-32-21)16-7-9-17(23)10-8-16)29-20(24)27-28-22(29)31-12-11-15-5-3-2-4-6-15/h2-10,13-14H,11-12H2,1H3,(H2,24,27)(H,25,26,30). The summed E-state index contributed by atoms with van der Waals surface area (Å²) in [5.74, 6) is 0.766. The van der Waals surface area contributed by atoms with Crippen LogP contribution in [-0.4, -0.2) is 31.4 Å². The quantitative estimate of drug-likeness (QED) is 0.335. The van der Waals surface area contributed by atoms with E-state index in [1.807, 2.05) is 47.8 Å². The maximum atomic E-state index is 12.9. The van der Waals surface area contributed by atoms with E-state index in [0.717, 1.165) is 23.4 Å². The van der Waals surface area contributed by atoms with E-state index in [1.165, 1.54) is 28.7 Å². The first-order valence-electron chi connectivity index (χ1n) is 9.90. The number of aromatic nitrogens is 4. The fourth-order valence-corrected chi connectivity index (χ4v) is 4.93. The highest BCUT2D eigenvalue weighted by Gasteiger charge is 2.23. The first-order chi connectivity index (χ1) is 15.5. The third-order valence-electron chi connectivity index (χ3n) is 4.80. The maximum absolute atomic E-state index is 12.9. The van der Waals surface area contributed by atoms with E-state index in [-0.39, 0.29) is 11.9 Å². The molecule has 32 heavy (non-hydrogen) atoms. The van der Waals surface area contributed by atoms with Crippen molar-refractivity contribution in [1.29, 1.82) is 0 Å². The highest BCUT2D eigenvalue weighted by atomic mass is 35.5. The van der Waals surface area contributed by atoms with Crippen LogP contribution in [0.3, 0.4) is 0 Å². The number of hydrogen-bond acceptors (Lipinski definition) is 7. The van der Waals surface area contributed by atoms with Crippen LogP contribution in [0.15, 0.2) is 65.1 Å². The smallest absolute Gasteiger partial charge is 0.249 e. The van der Waals surface area contributed by atoms with Crippen LogP contribution < -0.4 is 11.1 Å². The van der Waals surface area contributed by atoms with Gasteiger partial charge < -0.3 is 11.1 Å². The van der Waals surface area contributed by atoms with Gasteiger partial charge >= 0.3 is 0 Å². The van der Waals surface area contributed by atoms with Gasteiger partial charge in [-0.3, -0.25) is 9.36 Å². The van der Waals surface area contributed by atoms with Crippen LogP contribution in [0.4, 0.5) is 11.1 Å². The van der Waals surface area contributed by atoms with Crippen LogP contribution in [0.25, 0.3) is 11.3 Å².